The van der Waals surface area contributed by atoms with Gasteiger partial charge in [-0.05, 0) is 12.1 Å². The van der Waals surface area contributed by atoms with Gasteiger partial charge in [0.1, 0.15) is 0 Å². The summed E-state index contributed by atoms with van der Waals surface area (Å²) >= 11 is 0. The van der Waals surface area contributed by atoms with Crippen LogP contribution in [0.2, 0.25) is 0 Å². The van der Waals surface area contributed by atoms with Gasteiger partial charge in [-0.2, -0.15) is 0 Å². The van der Waals surface area contributed by atoms with E-state index in [1.165, 1.54) is 6.92 Å². The van der Waals surface area contributed by atoms with Gasteiger partial charge in [-0.15, -0.1) is 0 Å². The summed E-state index contributed by atoms with van der Waals surface area (Å²) in [6.45, 7) is 1.87. The number of methoxy groups -OCH3 is 1. The number of nitrogens with one attached hydrogen (secondary N) is 2. The summed E-state index contributed by atoms with van der Waals surface area (Å²) in [6, 6.07) is 9.81. The van der Waals surface area contributed by atoms with Crippen LogP contribution in [0.3, 0.4) is 0 Å². The van der Waals surface area contributed by atoms with Gasteiger partial charge in [0.2, 0.25) is 5.91 Å². The Kier molecular flexibility index (Phi) is 3.58. The van der Waals surface area contributed by atoms with Gasteiger partial charge < -0.3 is 15.0 Å². The number of carbonyl (C=O) groups excluding carboxylic acids is 1. The fourth-order valence-electron chi connectivity index (χ4n) is 2.66. The van der Waals surface area contributed by atoms with E-state index in [-0.39, 0.29) is 11.9 Å². The van der Waals surface area contributed by atoms with Crippen molar-refractivity contribution in [2.45, 2.75) is 13.0 Å². The number of ether oxygens (including phenoxy) is 1. The number of hydrogen-bond acceptors (Lipinski definition) is 3. The molecule has 0 radical (unpaired) electrons. The molecule has 0 aliphatic heterocycles. The quantitative estimate of drug-likeness (QED) is 0.773. The SMILES string of the molecule is COC[C@H](NC(C)=O)c1nccc2c1[nH]c1ccccc12. The predicted octanol–water partition coefficient (Wildman–Crippen LogP) is 2.54. The minimum absolute atomic E-state index is 0.105. The highest BCUT2D eigenvalue weighted by molar-refractivity contribution is 6.07. The molecular weight excluding hydrogens is 266 g/mol. The summed E-state index contributed by atoms with van der Waals surface area (Å²) in [5.74, 6) is -0.105. The number of aromatic amines is 1. The van der Waals surface area contributed by atoms with Crippen LogP contribution in [0.1, 0.15) is 18.7 Å². The zero-order valence-electron chi connectivity index (χ0n) is 12.0. The molecule has 0 saturated heterocycles. The molecule has 1 amide bonds. The second-order valence-electron chi connectivity index (χ2n) is 5.00. The Bertz CT molecular complexity index is 794. The second-order valence-corrected chi connectivity index (χ2v) is 5.00. The van der Waals surface area contributed by atoms with Crippen LogP contribution in [0.25, 0.3) is 21.8 Å². The van der Waals surface area contributed by atoms with Gasteiger partial charge in [0, 0.05) is 36.5 Å². The van der Waals surface area contributed by atoms with Crippen LogP contribution < -0.4 is 5.32 Å². The molecule has 2 N–H and O–H groups in total. The maximum Gasteiger partial charge on any atom is 0.217 e. The number of benzene rings is 1. The minimum Gasteiger partial charge on any atom is -0.382 e. The minimum atomic E-state index is -0.274. The highest BCUT2D eigenvalue weighted by Gasteiger charge is 2.19. The fraction of sp³-hybridized carbons (Fsp3) is 0.250. The van der Waals surface area contributed by atoms with E-state index in [0.717, 1.165) is 27.5 Å². The van der Waals surface area contributed by atoms with Gasteiger partial charge in [0.25, 0.3) is 0 Å². The van der Waals surface area contributed by atoms with Crippen LogP contribution in [0.5, 0.6) is 0 Å². The lowest BCUT2D eigenvalue weighted by atomic mass is 10.1. The molecule has 0 fully saturated rings. The third kappa shape index (κ3) is 2.48. The lowest BCUT2D eigenvalue weighted by Gasteiger charge is -2.17. The molecule has 0 bridgehead atoms. The summed E-state index contributed by atoms with van der Waals surface area (Å²) in [5.41, 5.74) is 2.79. The smallest absolute Gasteiger partial charge is 0.217 e. The van der Waals surface area contributed by atoms with Crippen molar-refractivity contribution >= 4 is 27.7 Å². The Morgan fingerprint density at radius 1 is 1.33 bits per heavy atom. The van der Waals surface area contributed by atoms with Gasteiger partial charge in [-0.3, -0.25) is 9.78 Å². The van der Waals surface area contributed by atoms with Crippen molar-refractivity contribution in [3.05, 3.63) is 42.2 Å². The van der Waals surface area contributed by atoms with Crippen LogP contribution in [0, 0.1) is 0 Å². The zero-order chi connectivity index (χ0) is 14.8. The molecule has 5 nitrogen and oxygen atoms in total. The predicted molar refractivity (Wildman–Crippen MR) is 82.0 cm³/mol. The summed E-state index contributed by atoms with van der Waals surface area (Å²) in [5, 5.41) is 5.13. The van der Waals surface area contributed by atoms with E-state index in [4.69, 9.17) is 4.74 Å². The molecule has 0 unspecified atom stereocenters. The first-order valence-corrected chi connectivity index (χ1v) is 6.82. The molecule has 1 atom stereocenters. The molecule has 5 heteroatoms. The lowest BCUT2D eigenvalue weighted by molar-refractivity contribution is -0.120. The third-order valence-electron chi connectivity index (χ3n) is 3.50. The Morgan fingerprint density at radius 3 is 2.90 bits per heavy atom. The molecule has 2 heterocycles. The van der Waals surface area contributed by atoms with Crippen LogP contribution in [-0.2, 0) is 9.53 Å². The van der Waals surface area contributed by atoms with Gasteiger partial charge >= 0.3 is 0 Å². The molecule has 0 spiro atoms. The highest BCUT2D eigenvalue weighted by atomic mass is 16.5. The average molecular weight is 283 g/mol. The molecule has 21 heavy (non-hydrogen) atoms. The second kappa shape index (κ2) is 5.54. The lowest BCUT2D eigenvalue weighted by Crippen LogP contribution is -2.30. The van der Waals surface area contributed by atoms with Gasteiger partial charge in [-0.25, -0.2) is 0 Å². The van der Waals surface area contributed by atoms with Crippen molar-refractivity contribution in [1.82, 2.24) is 15.3 Å². The Balaban J connectivity index is 2.19. The van der Waals surface area contributed by atoms with Gasteiger partial charge in [-0.1, -0.05) is 18.2 Å². The van der Waals surface area contributed by atoms with Crippen LogP contribution in [-0.4, -0.2) is 29.6 Å². The van der Waals surface area contributed by atoms with Gasteiger partial charge in [0.15, 0.2) is 0 Å². The molecule has 2 aromatic heterocycles. The number of carbonyl (C=O) groups is 1. The molecule has 3 aromatic rings. The van der Waals surface area contributed by atoms with E-state index >= 15 is 0 Å². The summed E-state index contributed by atoms with van der Waals surface area (Å²) in [4.78, 5) is 19.2. The largest absolute Gasteiger partial charge is 0.382 e. The first-order chi connectivity index (χ1) is 10.2. The monoisotopic (exact) mass is 283 g/mol. The van der Waals surface area contributed by atoms with E-state index < -0.39 is 0 Å². The number of aromatic nitrogens is 2. The fourth-order valence-corrected chi connectivity index (χ4v) is 2.66. The molecule has 0 aliphatic rings. The first kappa shape index (κ1) is 13.6. The van der Waals surface area contributed by atoms with E-state index in [9.17, 15) is 4.79 Å². The van der Waals surface area contributed by atoms with E-state index in [0.29, 0.717) is 6.61 Å². The van der Waals surface area contributed by atoms with Crippen LogP contribution in [0.15, 0.2) is 36.5 Å². The first-order valence-electron chi connectivity index (χ1n) is 6.82. The maximum atomic E-state index is 11.4. The van der Waals surface area contributed by atoms with Crippen LogP contribution >= 0.6 is 0 Å². The van der Waals surface area contributed by atoms with Crippen molar-refractivity contribution in [2.75, 3.05) is 13.7 Å². The third-order valence-corrected chi connectivity index (χ3v) is 3.50. The highest BCUT2D eigenvalue weighted by Crippen LogP contribution is 2.29. The number of fused-ring (bicyclic) bond motifs is 3. The van der Waals surface area contributed by atoms with Crippen molar-refractivity contribution in [2.24, 2.45) is 0 Å². The average Bonchev–Trinajstić information content (AvgIpc) is 2.85. The van der Waals surface area contributed by atoms with Crippen molar-refractivity contribution < 1.29 is 9.53 Å². The summed E-state index contributed by atoms with van der Waals surface area (Å²) < 4.78 is 5.21. The van der Waals surface area contributed by atoms with E-state index in [1.54, 1.807) is 13.3 Å². The number of rotatable bonds is 4. The molecule has 108 valence electrons. The standard InChI is InChI=1S/C16H17N3O2/c1-10(20)18-14(9-21-2)16-15-12(7-8-17-16)11-5-3-4-6-13(11)19-15/h3-8,14,19H,9H2,1-2H3,(H,18,20)/t14-/m0/s1. The Morgan fingerprint density at radius 2 is 2.14 bits per heavy atom. The van der Waals surface area contributed by atoms with Crippen molar-refractivity contribution in [3.8, 4) is 0 Å². The molecule has 0 aliphatic carbocycles. The molecule has 3 rings (SSSR count). The Hall–Kier alpha value is -2.40. The topological polar surface area (TPSA) is 67.0 Å². The summed E-state index contributed by atoms with van der Waals surface area (Å²) in [7, 11) is 1.61. The maximum absolute atomic E-state index is 11.4. The van der Waals surface area contributed by atoms with E-state index in [2.05, 4.69) is 21.4 Å². The number of pyridine rings is 1. The Labute approximate surface area is 122 Å². The number of amides is 1. The van der Waals surface area contributed by atoms with E-state index in [1.807, 2.05) is 24.3 Å². The van der Waals surface area contributed by atoms with Gasteiger partial charge in [0.05, 0.1) is 23.9 Å². The molecule has 1 aromatic carbocycles. The van der Waals surface area contributed by atoms with Crippen molar-refractivity contribution in [3.63, 3.8) is 0 Å². The normalized spacial score (nSPS) is 12.7. The number of H-pyrrole nitrogens is 1. The summed E-state index contributed by atoms with van der Waals surface area (Å²) in [6.07, 6.45) is 1.77. The number of para-hydroxylation sites is 1. The zero-order valence-corrected chi connectivity index (χ0v) is 12.0. The van der Waals surface area contributed by atoms with Crippen LogP contribution in [0.4, 0.5) is 0 Å². The molecular formula is C16H17N3O2. The molecule has 0 saturated carbocycles. The van der Waals surface area contributed by atoms with Crippen molar-refractivity contribution in [1.29, 1.82) is 0 Å². The number of hydrogen-bond donors (Lipinski definition) is 2. The number of nitrogens with zero attached hydrogens (tertiary/aromatic N) is 1.